The van der Waals surface area contributed by atoms with Crippen molar-refractivity contribution >= 4 is 58.1 Å². The third kappa shape index (κ3) is 6.88. The van der Waals surface area contributed by atoms with Gasteiger partial charge in [0.25, 0.3) is 0 Å². The van der Waals surface area contributed by atoms with Crippen LogP contribution in [0.1, 0.15) is 12.8 Å². The van der Waals surface area contributed by atoms with Gasteiger partial charge in [0.1, 0.15) is 0 Å². The monoisotopic (exact) mass is 182 g/mol. The van der Waals surface area contributed by atoms with Gasteiger partial charge in [-0.15, -0.1) is 25.3 Å². The number of thiol groups is 2. The molecule has 0 amide bonds. The van der Waals surface area contributed by atoms with E-state index in [0.717, 1.165) is 12.8 Å². The lowest BCUT2D eigenvalue weighted by atomic mass is 10.4. The number of rotatable bonds is 3. The first-order valence-electron chi connectivity index (χ1n) is 2.06. The van der Waals surface area contributed by atoms with Crippen molar-refractivity contribution in [3.63, 3.8) is 0 Å². The zero-order valence-electron chi connectivity index (χ0n) is 4.13. The van der Waals surface area contributed by atoms with Gasteiger partial charge in [-0.25, -0.2) is 0 Å². The fraction of sp³-hybridized carbons (Fsp3) is 0.500. The summed E-state index contributed by atoms with van der Waals surface area (Å²) >= 11 is 17.2. The van der Waals surface area contributed by atoms with Gasteiger partial charge in [-0.2, -0.15) is 0 Å². The highest BCUT2D eigenvalue weighted by atomic mass is 32.1. The fourth-order valence-electron chi connectivity index (χ4n) is 0.214. The smallest absolute Gasteiger partial charge is 0.0451 e. The highest BCUT2D eigenvalue weighted by Gasteiger charge is 1.90. The van der Waals surface area contributed by atoms with Crippen molar-refractivity contribution in [2.45, 2.75) is 12.8 Å². The average Bonchev–Trinajstić information content (AvgIpc) is 1.61. The van der Waals surface area contributed by atoms with Gasteiger partial charge in [0.2, 0.25) is 0 Å². The van der Waals surface area contributed by atoms with E-state index in [2.05, 4.69) is 49.7 Å². The van der Waals surface area contributed by atoms with E-state index < -0.39 is 0 Å². The normalized spacial score (nSPS) is 8.75. The van der Waals surface area contributed by atoms with Crippen LogP contribution in [0, 0.1) is 0 Å². The first-order valence-corrected chi connectivity index (χ1v) is 3.77. The van der Waals surface area contributed by atoms with E-state index in [1.54, 1.807) is 0 Å². The fourth-order valence-corrected chi connectivity index (χ4v) is 0.642. The van der Waals surface area contributed by atoms with Gasteiger partial charge in [0, 0.05) is 8.39 Å². The largest absolute Gasteiger partial charge is 0.136 e. The summed E-state index contributed by atoms with van der Waals surface area (Å²) in [6.45, 7) is 0. The Morgan fingerprint density at radius 3 is 1.38 bits per heavy atom. The Labute approximate surface area is 70.9 Å². The predicted octanol–water partition coefficient (Wildman–Crippen LogP) is 2.28. The van der Waals surface area contributed by atoms with Crippen LogP contribution in [-0.4, -0.2) is 8.39 Å². The van der Waals surface area contributed by atoms with Crippen molar-refractivity contribution in [2.75, 3.05) is 0 Å². The molecule has 0 aliphatic heterocycles. The molecule has 0 atom stereocenters. The first kappa shape index (κ1) is 8.88. The van der Waals surface area contributed by atoms with Gasteiger partial charge in [-0.05, 0) is 12.8 Å². The Hall–Kier alpha value is 0.880. The molecular formula is C4H6S4. The highest BCUT2D eigenvalue weighted by Crippen LogP contribution is 2.00. The molecule has 0 aliphatic rings. The Bertz CT molecular complexity index is 92.6. The van der Waals surface area contributed by atoms with Gasteiger partial charge < -0.3 is 0 Å². The molecule has 0 saturated carbocycles. The van der Waals surface area contributed by atoms with Gasteiger partial charge in [0.05, 0.1) is 0 Å². The lowest BCUT2D eigenvalue weighted by Crippen LogP contribution is -1.86. The molecule has 0 bridgehead atoms. The van der Waals surface area contributed by atoms with E-state index in [-0.39, 0.29) is 0 Å². The Morgan fingerprint density at radius 2 is 1.25 bits per heavy atom. The van der Waals surface area contributed by atoms with Crippen LogP contribution in [0.25, 0.3) is 0 Å². The maximum Gasteiger partial charge on any atom is 0.0451 e. The van der Waals surface area contributed by atoms with E-state index in [4.69, 9.17) is 0 Å². The summed E-state index contributed by atoms with van der Waals surface area (Å²) in [6, 6.07) is 0. The summed E-state index contributed by atoms with van der Waals surface area (Å²) in [6.07, 6.45) is 1.53. The van der Waals surface area contributed by atoms with Gasteiger partial charge >= 0.3 is 0 Å². The molecule has 46 valence electrons. The zero-order valence-corrected chi connectivity index (χ0v) is 7.55. The van der Waals surface area contributed by atoms with Crippen LogP contribution in [0.4, 0.5) is 0 Å². The summed E-state index contributed by atoms with van der Waals surface area (Å²) in [5.41, 5.74) is 0. The molecule has 0 radical (unpaired) electrons. The van der Waals surface area contributed by atoms with E-state index in [9.17, 15) is 0 Å². The summed E-state index contributed by atoms with van der Waals surface area (Å²) < 4.78 is 1.39. The molecule has 0 N–H and O–H groups in total. The summed E-state index contributed by atoms with van der Waals surface area (Å²) in [5.74, 6) is 0. The van der Waals surface area contributed by atoms with Crippen molar-refractivity contribution in [1.82, 2.24) is 0 Å². The number of hydrogen-bond acceptors (Lipinski definition) is 2. The maximum absolute atomic E-state index is 4.68. The van der Waals surface area contributed by atoms with Gasteiger partial charge in [-0.3, -0.25) is 0 Å². The summed E-state index contributed by atoms with van der Waals surface area (Å²) in [4.78, 5) is 0. The highest BCUT2D eigenvalue weighted by molar-refractivity contribution is 8.11. The molecule has 4 heteroatoms. The second kappa shape index (κ2) is 4.73. The van der Waals surface area contributed by atoms with Crippen molar-refractivity contribution in [2.24, 2.45) is 0 Å². The molecule has 0 nitrogen and oxygen atoms in total. The first-order chi connectivity index (χ1) is 3.63. The molecule has 0 unspecified atom stereocenters. The standard InChI is InChI=1S/C4H6S4/c5-3(6)1-2-4(7)8/h1-2H2,(H,5,6)(H,7,8). The second-order valence-electron chi connectivity index (χ2n) is 1.29. The molecule has 0 aromatic heterocycles. The minimum absolute atomic E-state index is 0.696. The summed E-state index contributed by atoms with van der Waals surface area (Å²) in [5, 5.41) is 0. The van der Waals surface area contributed by atoms with Crippen LogP contribution in [-0.2, 0) is 0 Å². The molecule has 0 saturated heterocycles. The van der Waals surface area contributed by atoms with Gasteiger partial charge in [-0.1, -0.05) is 24.4 Å². The number of hydrogen-bond donors (Lipinski definition) is 2. The van der Waals surface area contributed by atoms with Crippen molar-refractivity contribution in [1.29, 1.82) is 0 Å². The molecule has 0 rings (SSSR count). The SMILES string of the molecule is S=C(S)CCC(=S)S. The zero-order chi connectivity index (χ0) is 6.57. The van der Waals surface area contributed by atoms with E-state index in [1.807, 2.05) is 0 Å². The lowest BCUT2D eigenvalue weighted by molar-refractivity contribution is 1.22. The number of thiocarbonyl (C=S) groups is 2. The molecular weight excluding hydrogens is 176 g/mol. The van der Waals surface area contributed by atoms with Crippen LogP contribution in [0.3, 0.4) is 0 Å². The van der Waals surface area contributed by atoms with Crippen molar-refractivity contribution < 1.29 is 0 Å². The molecule has 0 fully saturated rings. The van der Waals surface area contributed by atoms with E-state index in [1.165, 1.54) is 0 Å². The quantitative estimate of drug-likeness (QED) is 0.508. The molecule has 0 aliphatic carbocycles. The average molecular weight is 182 g/mol. The van der Waals surface area contributed by atoms with Crippen molar-refractivity contribution in [3.8, 4) is 0 Å². The third-order valence-electron chi connectivity index (χ3n) is 0.553. The third-order valence-corrected chi connectivity index (χ3v) is 1.41. The minimum atomic E-state index is 0.696. The molecule has 0 spiro atoms. The maximum atomic E-state index is 4.68. The van der Waals surface area contributed by atoms with E-state index in [0.29, 0.717) is 8.39 Å². The van der Waals surface area contributed by atoms with Crippen molar-refractivity contribution in [3.05, 3.63) is 0 Å². The molecule has 0 aromatic rings. The Kier molecular flexibility index (Phi) is 5.25. The summed E-state index contributed by atoms with van der Waals surface area (Å²) in [7, 11) is 0. The van der Waals surface area contributed by atoms with E-state index >= 15 is 0 Å². The Balaban J connectivity index is 3.18. The topological polar surface area (TPSA) is 0 Å². The molecule has 0 heterocycles. The van der Waals surface area contributed by atoms with Crippen LogP contribution in [0.5, 0.6) is 0 Å². The van der Waals surface area contributed by atoms with Crippen LogP contribution < -0.4 is 0 Å². The van der Waals surface area contributed by atoms with Gasteiger partial charge in [0.15, 0.2) is 0 Å². The van der Waals surface area contributed by atoms with Crippen LogP contribution in [0.15, 0.2) is 0 Å². The minimum Gasteiger partial charge on any atom is -0.136 e. The second-order valence-corrected chi connectivity index (χ2v) is 3.96. The molecule has 8 heavy (non-hydrogen) atoms. The van der Waals surface area contributed by atoms with Crippen LogP contribution >= 0.6 is 49.7 Å². The predicted molar refractivity (Wildman–Crippen MR) is 52.4 cm³/mol. The Morgan fingerprint density at radius 1 is 1.00 bits per heavy atom. The molecule has 0 aromatic carbocycles. The lowest BCUT2D eigenvalue weighted by Gasteiger charge is -1.90. The van der Waals surface area contributed by atoms with Crippen LogP contribution in [0.2, 0.25) is 0 Å².